The lowest BCUT2D eigenvalue weighted by Gasteiger charge is -2.20. The molecule has 0 saturated carbocycles. The first-order chi connectivity index (χ1) is 31.7. The van der Waals surface area contributed by atoms with Crippen molar-refractivity contribution >= 4 is 49.3 Å². The summed E-state index contributed by atoms with van der Waals surface area (Å²) in [5.74, 6) is 0. The molecular formula is C60H38N4. The minimum atomic E-state index is 0.574. The van der Waals surface area contributed by atoms with Gasteiger partial charge in [0.15, 0.2) is 5.69 Å². The zero-order chi connectivity index (χ0) is 42.6. The molecule has 12 rings (SSSR count). The molecule has 64 heavy (non-hydrogen) atoms. The second kappa shape index (κ2) is 15.3. The molecule has 298 valence electrons. The highest BCUT2D eigenvalue weighted by Crippen LogP contribution is 2.45. The Morgan fingerprint density at radius 3 is 1.19 bits per heavy atom. The number of fused-ring (bicyclic) bond motifs is 6. The number of benzene rings is 9. The van der Waals surface area contributed by atoms with Gasteiger partial charge in [-0.3, -0.25) is 4.98 Å². The third-order valence-corrected chi connectivity index (χ3v) is 12.7. The maximum atomic E-state index is 8.58. The van der Waals surface area contributed by atoms with E-state index in [0.29, 0.717) is 5.69 Å². The van der Waals surface area contributed by atoms with Crippen LogP contribution >= 0.6 is 0 Å². The second-order valence-electron chi connectivity index (χ2n) is 16.2. The van der Waals surface area contributed by atoms with E-state index in [-0.39, 0.29) is 0 Å². The van der Waals surface area contributed by atoms with Gasteiger partial charge < -0.3 is 9.13 Å². The monoisotopic (exact) mass is 814 g/mol. The first kappa shape index (κ1) is 37.0. The maximum Gasteiger partial charge on any atom is 0.197 e. The summed E-state index contributed by atoms with van der Waals surface area (Å²) in [6.45, 7) is 8.58. The first-order valence-corrected chi connectivity index (χ1v) is 21.6. The van der Waals surface area contributed by atoms with Gasteiger partial charge in [0.25, 0.3) is 0 Å². The third-order valence-electron chi connectivity index (χ3n) is 12.7. The topological polar surface area (TPSA) is 27.1 Å². The highest BCUT2D eigenvalue weighted by atomic mass is 15.1. The van der Waals surface area contributed by atoms with Crippen LogP contribution < -0.4 is 0 Å². The molecular weight excluding hydrogens is 777 g/mol. The molecule has 3 aromatic heterocycles. The highest BCUT2D eigenvalue weighted by molar-refractivity contribution is 6.13. The van der Waals surface area contributed by atoms with Crippen molar-refractivity contribution in [1.29, 1.82) is 0 Å². The average Bonchev–Trinajstić information content (AvgIpc) is 3.88. The van der Waals surface area contributed by atoms with Crippen molar-refractivity contribution in [1.82, 2.24) is 14.1 Å². The molecule has 0 N–H and O–H groups in total. The van der Waals surface area contributed by atoms with Crippen molar-refractivity contribution in [3.63, 3.8) is 0 Å². The fourth-order valence-corrected chi connectivity index (χ4v) is 9.79. The number of para-hydroxylation sites is 2. The molecule has 3 heterocycles. The Kier molecular flexibility index (Phi) is 8.84. The Morgan fingerprint density at radius 2 is 0.703 bits per heavy atom. The Balaban J connectivity index is 1.13. The van der Waals surface area contributed by atoms with Crippen molar-refractivity contribution < 1.29 is 0 Å². The lowest BCUT2D eigenvalue weighted by molar-refractivity contribution is 1.10. The normalized spacial score (nSPS) is 11.4. The SMILES string of the molecule is [C-]#[N+]c1cc(-n2c3ccccc3c3cc(-c4ccccc4-c4ccccc4)ccc32)c(-n2c3ccccc3c3cc(-c4ccccc4-c4ccccc4)ccc32)cc1-c1ccncc1. The van der Waals surface area contributed by atoms with Crippen LogP contribution in [0.2, 0.25) is 0 Å². The molecule has 0 saturated heterocycles. The Labute approximate surface area is 371 Å². The van der Waals surface area contributed by atoms with Gasteiger partial charge in [-0.25, -0.2) is 4.85 Å². The van der Waals surface area contributed by atoms with Crippen molar-refractivity contribution in [2.75, 3.05) is 0 Å². The summed E-state index contributed by atoms with van der Waals surface area (Å²) < 4.78 is 4.76. The molecule has 0 spiro atoms. The number of rotatable bonds is 7. The van der Waals surface area contributed by atoms with Gasteiger partial charge in [0, 0.05) is 33.9 Å². The molecule has 0 aliphatic heterocycles. The van der Waals surface area contributed by atoms with Crippen LogP contribution in [0, 0.1) is 6.57 Å². The van der Waals surface area contributed by atoms with E-state index in [1.165, 1.54) is 33.4 Å². The molecule has 4 heteroatoms. The second-order valence-corrected chi connectivity index (χ2v) is 16.2. The summed E-state index contributed by atoms with van der Waals surface area (Å²) in [6, 6.07) is 77.9. The molecule has 9 aromatic carbocycles. The van der Waals surface area contributed by atoms with Gasteiger partial charge in [-0.15, -0.1) is 0 Å². The molecule has 12 aromatic rings. The van der Waals surface area contributed by atoms with E-state index in [0.717, 1.165) is 77.2 Å². The predicted octanol–water partition coefficient (Wildman–Crippen LogP) is 16.2. The van der Waals surface area contributed by atoms with Crippen LogP contribution in [0.3, 0.4) is 0 Å². The van der Waals surface area contributed by atoms with Crippen molar-refractivity contribution in [3.8, 4) is 67.0 Å². The summed E-state index contributed by atoms with van der Waals surface area (Å²) in [5, 5.41) is 4.61. The van der Waals surface area contributed by atoms with Crippen LogP contribution in [0.4, 0.5) is 5.69 Å². The average molecular weight is 815 g/mol. The lowest BCUT2D eigenvalue weighted by Crippen LogP contribution is -2.04. The van der Waals surface area contributed by atoms with Crippen molar-refractivity contribution in [3.05, 3.63) is 242 Å². The number of aromatic nitrogens is 3. The van der Waals surface area contributed by atoms with E-state index in [1.807, 2.05) is 12.1 Å². The Morgan fingerprint density at radius 1 is 0.312 bits per heavy atom. The summed E-state index contributed by atoms with van der Waals surface area (Å²) >= 11 is 0. The Bertz CT molecular complexity index is 3780. The van der Waals surface area contributed by atoms with E-state index in [4.69, 9.17) is 6.57 Å². The largest absolute Gasteiger partial charge is 0.308 e. The van der Waals surface area contributed by atoms with Gasteiger partial charge in [-0.2, -0.15) is 0 Å². The smallest absolute Gasteiger partial charge is 0.197 e. The third kappa shape index (κ3) is 6.02. The summed E-state index contributed by atoms with van der Waals surface area (Å²) in [7, 11) is 0. The number of hydrogen-bond acceptors (Lipinski definition) is 1. The standard InChI is InChI=1S/C60H38N4/c1-61-54-39-60(64-56-27-15-13-25-50(56)53-37-44(29-31-58(53)64)48-23-11-9-21-46(48)41-18-6-3-7-19-41)59(38-51(54)42-32-34-62-35-33-42)63-55-26-14-12-24-49(55)52-36-43(28-30-57(52)63)47-22-10-8-20-45(47)40-16-4-2-5-17-40/h2-39H. The first-order valence-electron chi connectivity index (χ1n) is 21.6. The van der Waals surface area contributed by atoms with Gasteiger partial charge in [0.05, 0.1) is 40.0 Å². The van der Waals surface area contributed by atoms with Crippen molar-refractivity contribution in [2.24, 2.45) is 0 Å². The minimum absolute atomic E-state index is 0.574. The van der Waals surface area contributed by atoms with Gasteiger partial charge in [-0.05, 0) is 116 Å². The van der Waals surface area contributed by atoms with Gasteiger partial charge in [0.1, 0.15) is 0 Å². The molecule has 0 amide bonds. The fourth-order valence-electron chi connectivity index (χ4n) is 9.79. The van der Waals surface area contributed by atoms with Crippen LogP contribution in [0.15, 0.2) is 231 Å². The number of hydrogen-bond donors (Lipinski definition) is 0. The lowest BCUT2D eigenvalue weighted by atomic mass is 9.94. The molecule has 0 unspecified atom stereocenters. The molecule has 0 aliphatic carbocycles. The van der Waals surface area contributed by atoms with Gasteiger partial charge in [0.2, 0.25) is 0 Å². The molecule has 0 atom stereocenters. The number of pyridine rings is 1. The maximum absolute atomic E-state index is 8.58. The van der Waals surface area contributed by atoms with Crippen LogP contribution in [-0.4, -0.2) is 14.1 Å². The highest BCUT2D eigenvalue weighted by Gasteiger charge is 2.23. The van der Waals surface area contributed by atoms with E-state index in [1.54, 1.807) is 12.4 Å². The zero-order valence-corrected chi connectivity index (χ0v) is 34.7. The van der Waals surface area contributed by atoms with E-state index < -0.39 is 0 Å². The quantitative estimate of drug-likeness (QED) is 0.147. The minimum Gasteiger partial charge on any atom is -0.308 e. The van der Waals surface area contributed by atoms with Crippen LogP contribution in [0.25, 0.3) is 115 Å². The molecule has 0 bridgehead atoms. The van der Waals surface area contributed by atoms with Crippen LogP contribution in [0.1, 0.15) is 0 Å². The molecule has 0 aliphatic rings. The molecule has 4 nitrogen and oxygen atoms in total. The zero-order valence-electron chi connectivity index (χ0n) is 34.7. The van der Waals surface area contributed by atoms with Gasteiger partial charge in [-0.1, -0.05) is 158 Å². The summed E-state index contributed by atoms with van der Waals surface area (Å²) in [4.78, 5) is 8.53. The van der Waals surface area contributed by atoms with E-state index in [9.17, 15) is 0 Å². The summed E-state index contributed by atoms with van der Waals surface area (Å²) in [5.41, 5.74) is 18.0. The van der Waals surface area contributed by atoms with Crippen LogP contribution in [0.5, 0.6) is 0 Å². The van der Waals surface area contributed by atoms with E-state index in [2.05, 4.69) is 225 Å². The summed E-state index contributed by atoms with van der Waals surface area (Å²) in [6.07, 6.45) is 3.60. The number of nitrogens with zero attached hydrogens (tertiary/aromatic N) is 4. The Hall–Kier alpha value is -8.78. The fraction of sp³-hybridized carbons (Fsp3) is 0. The van der Waals surface area contributed by atoms with Gasteiger partial charge >= 0.3 is 0 Å². The van der Waals surface area contributed by atoms with E-state index >= 15 is 0 Å². The molecule has 0 fully saturated rings. The predicted molar refractivity (Wildman–Crippen MR) is 266 cm³/mol. The molecule has 0 radical (unpaired) electrons. The van der Waals surface area contributed by atoms with Crippen molar-refractivity contribution in [2.45, 2.75) is 0 Å². The van der Waals surface area contributed by atoms with Crippen LogP contribution in [-0.2, 0) is 0 Å².